The van der Waals surface area contributed by atoms with E-state index in [4.69, 9.17) is 0 Å². The molecule has 1 N–H and O–H groups in total. The van der Waals surface area contributed by atoms with Crippen molar-refractivity contribution in [3.8, 4) is 5.88 Å². The summed E-state index contributed by atoms with van der Waals surface area (Å²) < 4.78 is 2.80. The minimum Gasteiger partial charge on any atom is -0.494 e. The summed E-state index contributed by atoms with van der Waals surface area (Å²) in [5.41, 5.74) is 2.42. The number of aromatic nitrogens is 1. The first kappa shape index (κ1) is 12.3. The number of aromatic hydroxyl groups is 1. The average Bonchev–Trinajstić information content (AvgIpc) is 2.71. The van der Waals surface area contributed by atoms with Gasteiger partial charge >= 0.3 is 0 Å². The van der Waals surface area contributed by atoms with Crippen LogP contribution in [0.3, 0.4) is 0 Å². The standard InChI is InChI=1S/C16H14BrNO/c1-11-5-7-12(8-6-11)9-18-10-13-3-2-4-14(17)15(13)16(18)19/h2-8,10,19H,9H2,1H3. The third kappa shape index (κ3) is 2.26. The fourth-order valence-electron chi connectivity index (χ4n) is 2.27. The number of halogens is 1. The van der Waals surface area contributed by atoms with Gasteiger partial charge in [-0.3, -0.25) is 0 Å². The highest BCUT2D eigenvalue weighted by Gasteiger charge is 2.10. The normalized spacial score (nSPS) is 11.1. The van der Waals surface area contributed by atoms with Gasteiger partial charge in [-0.2, -0.15) is 0 Å². The number of fused-ring (bicyclic) bond motifs is 1. The van der Waals surface area contributed by atoms with Gasteiger partial charge in [0, 0.05) is 16.1 Å². The number of hydrogen-bond donors (Lipinski definition) is 1. The molecule has 0 saturated heterocycles. The molecule has 2 nitrogen and oxygen atoms in total. The van der Waals surface area contributed by atoms with E-state index < -0.39 is 0 Å². The van der Waals surface area contributed by atoms with Crippen LogP contribution in [0.2, 0.25) is 0 Å². The van der Waals surface area contributed by atoms with Crippen molar-refractivity contribution in [2.45, 2.75) is 13.5 Å². The van der Waals surface area contributed by atoms with Crippen molar-refractivity contribution in [3.05, 3.63) is 64.3 Å². The van der Waals surface area contributed by atoms with Crippen molar-refractivity contribution in [2.24, 2.45) is 0 Å². The van der Waals surface area contributed by atoms with Gasteiger partial charge in [-0.1, -0.05) is 42.0 Å². The zero-order valence-corrected chi connectivity index (χ0v) is 12.2. The Morgan fingerprint density at radius 3 is 2.53 bits per heavy atom. The lowest BCUT2D eigenvalue weighted by molar-refractivity contribution is 0.430. The summed E-state index contributed by atoms with van der Waals surface area (Å²) in [6.45, 7) is 2.75. The fourth-order valence-corrected chi connectivity index (χ4v) is 2.83. The van der Waals surface area contributed by atoms with Crippen molar-refractivity contribution in [3.63, 3.8) is 0 Å². The van der Waals surface area contributed by atoms with E-state index in [-0.39, 0.29) is 0 Å². The van der Waals surface area contributed by atoms with E-state index in [0.717, 1.165) is 15.2 Å². The second-order valence-electron chi connectivity index (χ2n) is 4.77. The molecule has 96 valence electrons. The first-order valence-corrected chi connectivity index (χ1v) is 6.96. The van der Waals surface area contributed by atoms with Gasteiger partial charge in [0.15, 0.2) is 0 Å². The van der Waals surface area contributed by atoms with Gasteiger partial charge in [-0.15, -0.1) is 0 Å². The first-order valence-electron chi connectivity index (χ1n) is 6.17. The molecule has 3 aromatic rings. The Morgan fingerprint density at radius 1 is 1.11 bits per heavy atom. The van der Waals surface area contributed by atoms with E-state index in [2.05, 4.69) is 47.1 Å². The molecule has 0 atom stereocenters. The van der Waals surface area contributed by atoms with E-state index in [1.54, 1.807) is 0 Å². The van der Waals surface area contributed by atoms with E-state index in [1.165, 1.54) is 11.1 Å². The van der Waals surface area contributed by atoms with Crippen molar-refractivity contribution >= 4 is 26.7 Å². The van der Waals surface area contributed by atoms with Gasteiger partial charge in [0.2, 0.25) is 5.88 Å². The molecule has 0 aliphatic heterocycles. The molecule has 19 heavy (non-hydrogen) atoms. The zero-order chi connectivity index (χ0) is 13.4. The molecule has 0 unspecified atom stereocenters. The van der Waals surface area contributed by atoms with Crippen LogP contribution in [0, 0.1) is 6.92 Å². The SMILES string of the molecule is Cc1ccc(Cn2cc3cccc(Br)c3c2O)cc1. The summed E-state index contributed by atoms with van der Waals surface area (Å²) in [6, 6.07) is 14.3. The number of rotatable bonds is 2. The van der Waals surface area contributed by atoms with Crippen LogP contribution in [0.5, 0.6) is 5.88 Å². The predicted molar refractivity (Wildman–Crippen MR) is 81.6 cm³/mol. The van der Waals surface area contributed by atoms with Gasteiger partial charge in [0.05, 0.1) is 11.9 Å². The van der Waals surface area contributed by atoms with Crippen molar-refractivity contribution in [1.82, 2.24) is 4.57 Å². The Balaban J connectivity index is 2.04. The van der Waals surface area contributed by atoms with E-state index in [0.29, 0.717) is 12.4 Å². The monoisotopic (exact) mass is 315 g/mol. The van der Waals surface area contributed by atoms with Crippen LogP contribution in [0.15, 0.2) is 53.1 Å². The Bertz CT molecular complexity index is 728. The summed E-state index contributed by atoms with van der Waals surface area (Å²) in [5, 5.41) is 12.2. The fraction of sp³-hybridized carbons (Fsp3) is 0.125. The number of benzene rings is 2. The Kier molecular flexibility index (Phi) is 3.07. The average molecular weight is 316 g/mol. The highest BCUT2D eigenvalue weighted by Crippen LogP contribution is 2.33. The van der Waals surface area contributed by atoms with Crippen molar-refractivity contribution in [1.29, 1.82) is 0 Å². The van der Waals surface area contributed by atoms with Crippen LogP contribution in [0.25, 0.3) is 10.8 Å². The zero-order valence-electron chi connectivity index (χ0n) is 10.6. The van der Waals surface area contributed by atoms with Crippen molar-refractivity contribution in [2.75, 3.05) is 0 Å². The lowest BCUT2D eigenvalue weighted by Gasteiger charge is -2.05. The van der Waals surface area contributed by atoms with E-state index in [9.17, 15) is 5.11 Å². The number of hydrogen-bond acceptors (Lipinski definition) is 1. The molecule has 0 saturated carbocycles. The lowest BCUT2D eigenvalue weighted by Crippen LogP contribution is -1.96. The second kappa shape index (κ2) is 4.74. The molecule has 0 spiro atoms. The maximum absolute atomic E-state index is 10.3. The molecular weight excluding hydrogens is 302 g/mol. The Hall–Kier alpha value is -1.74. The van der Waals surface area contributed by atoms with Gasteiger partial charge in [-0.25, -0.2) is 0 Å². The highest BCUT2D eigenvalue weighted by atomic mass is 79.9. The molecule has 3 rings (SSSR count). The van der Waals surface area contributed by atoms with Crippen LogP contribution < -0.4 is 0 Å². The van der Waals surface area contributed by atoms with Crippen LogP contribution in [-0.4, -0.2) is 9.67 Å². The van der Waals surface area contributed by atoms with Crippen LogP contribution >= 0.6 is 15.9 Å². The molecule has 0 aliphatic carbocycles. The summed E-state index contributed by atoms with van der Waals surface area (Å²) in [4.78, 5) is 0. The third-order valence-corrected chi connectivity index (χ3v) is 3.97. The minimum absolute atomic E-state index is 0.308. The molecular formula is C16H14BrNO. The first-order chi connectivity index (χ1) is 9.15. The molecule has 0 amide bonds. The third-order valence-electron chi connectivity index (χ3n) is 3.31. The number of aryl methyl sites for hydroxylation is 1. The van der Waals surface area contributed by atoms with E-state index in [1.807, 2.05) is 29.0 Å². The Morgan fingerprint density at radius 2 is 1.84 bits per heavy atom. The molecule has 0 fully saturated rings. The topological polar surface area (TPSA) is 25.2 Å². The van der Waals surface area contributed by atoms with Crippen LogP contribution in [-0.2, 0) is 6.54 Å². The van der Waals surface area contributed by atoms with Crippen LogP contribution in [0.1, 0.15) is 11.1 Å². The largest absolute Gasteiger partial charge is 0.494 e. The molecule has 1 aromatic heterocycles. The molecule has 3 heteroatoms. The smallest absolute Gasteiger partial charge is 0.200 e. The van der Waals surface area contributed by atoms with Crippen LogP contribution in [0.4, 0.5) is 0 Å². The maximum atomic E-state index is 10.3. The predicted octanol–water partition coefficient (Wildman–Crippen LogP) is 4.47. The molecule has 2 aromatic carbocycles. The maximum Gasteiger partial charge on any atom is 0.200 e. The summed E-state index contributed by atoms with van der Waals surface area (Å²) in [7, 11) is 0. The summed E-state index contributed by atoms with van der Waals surface area (Å²) in [5.74, 6) is 0.308. The second-order valence-corrected chi connectivity index (χ2v) is 5.62. The molecule has 0 aliphatic rings. The minimum atomic E-state index is 0.308. The van der Waals surface area contributed by atoms with Gasteiger partial charge in [0.1, 0.15) is 0 Å². The highest BCUT2D eigenvalue weighted by molar-refractivity contribution is 9.10. The molecule has 0 radical (unpaired) electrons. The Labute approximate surface area is 120 Å². The van der Waals surface area contributed by atoms with E-state index >= 15 is 0 Å². The van der Waals surface area contributed by atoms with Gasteiger partial charge in [0.25, 0.3) is 0 Å². The van der Waals surface area contributed by atoms with Gasteiger partial charge < -0.3 is 9.67 Å². The summed E-state index contributed by atoms with van der Waals surface area (Å²) in [6.07, 6.45) is 1.98. The van der Waals surface area contributed by atoms with Gasteiger partial charge in [-0.05, 0) is 34.5 Å². The summed E-state index contributed by atoms with van der Waals surface area (Å²) >= 11 is 3.48. The molecule has 1 heterocycles. The van der Waals surface area contributed by atoms with Crippen molar-refractivity contribution < 1.29 is 5.11 Å². The molecule has 0 bridgehead atoms. The lowest BCUT2D eigenvalue weighted by atomic mass is 10.1. The quantitative estimate of drug-likeness (QED) is 0.741. The number of nitrogens with zero attached hydrogens (tertiary/aromatic N) is 1.